The Morgan fingerprint density at radius 1 is 0.760 bits per heavy atom. The van der Waals surface area contributed by atoms with Gasteiger partial charge in [-0.3, -0.25) is 9.80 Å². The quantitative estimate of drug-likeness (QED) is 0.537. The molecule has 6 N–H and O–H groups in total. The van der Waals surface area contributed by atoms with E-state index in [0.29, 0.717) is 0 Å². The highest BCUT2D eigenvalue weighted by atomic mass is 16.3. The molecule has 2 fully saturated rings. The molecule has 2 aliphatic rings. The first-order valence-corrected chi connectivity index (χ1v) is 9.36. The number of nitrogens with zero attached hydrogens (tertiary/aromatic N) is 2. The molecule has 0 heterocycles. The minimum atomic E-state index is -1.16. The maximum absolute atomic E-state index is 12.2. The van der Waals surface area contributed by atoms with E-state index >= 15 is 0 Å². The summed E-state index contributed by atoms with van der Waals surface area (Å²) >= 11 is 0. The number of aliphatic hydroxyl groups is 2. The van der Waals surface area contributed by atoms with Crippen molar-refractivity contribution in [2.24, 2.45) is 23.3 Å². The molecule has 2 aliphatic carbocycles. The topological polar surface area (TPSA) is 133 Å². The number of amides is 4. The second-order valence-electron chi connectivity index (χ2n) is 7.27. The number of hydrogen-bond donors (Lipinski definition) is 4. The minimum Gasteiger partial charge on any atom is -0.376 e. The number of primary amides is 2. The average Bonchev–Trinajstić information content (AvgIpc) is 2.62. The van der Waals surface area contributed by atoms with Crippen molar-refractivity contribution in [2.45, 2.75) is 69.9 Å². The highest BCUT2D eigenvalue weighted by molar-refractivity contribution is 5.77. The van der Waals surface area contributed by atoms with Gasteiger partial charge in [-0.05, 0) is 25.7 Å². The van der Waals surface area contributed by atoms with E-state index in [-0.39, 0.29) is 11.8 Å². The number of nitrogens with two attached hydrogens (primary N) is 2. The summed E-state index contributed by atoms with van der Waals surface area (Å²) in [6.07, 6.45) is 9.36. The zero-order valence-electron chi connectivity index (χ0n) is 14.9. The van der Waals surface area contributed by atoms with Crippen molar-refractivity contribution in [3.63, 3.8) is 0 Å². The Bertz CT molecular complexity index is 420. The van der Waals surface area contributed by atoms with Crippen molar-refractivity contribution in [3.8, 4) is 0 Å². The van der Waals surface area contributed by atoms with Crippen LogP contribution >= 0.6 is 0 Å². The van der Waals surface area contributed by atoms with Crippen molar-refractivity contribution in [1.29, 1.82) is 0 Å². The van der Waals surface area contributed by atoms with Gasteiger partial charge in [0, 0.05) is 11.8 Å². The number of urea groups is 2. The molecule has 0 saturated heterocycles. The number of rotatable bonds is 6. The summed E-state index contributed by atoms with van der Waals surface area (Å²) in [4.78, 5) is 26.8. The molecule has 0 aliphatic heterocycles. The summed E-state index contributed by atoms with van der Waals surface area (Å²) in [6.45, 7) is -1.21. The number of hydrogen-bond acceptors (Lipinski definition) is 4. The van der Waals surface area contributed by atoms with Gasteiger partial charge in [0.1, 0.15) is 19.1 Å². The summed E-state index contributed by atoms with van der Waals surface area (Å²) < 4.78 is 0. The maximum Gasteiger partial charge on any atom is 0.318 e. The van der Waals surface area contributed by atoms with Gasteiger partial charge >= 0.3 is 12.1 Å². The Hall–Kier alpha value is -1.54. The van der Waals surface area contributed by atoms with Crippen molar-refractivity contribution < 1.29 is 19.8 Å². The predicted molar refractivity (Wildman–Crippen MR) is 92.9 cm³/mol. The van der Waals surface area contributed by atoms with Gasteiger partial charge < -0.3 is 21.7 Å². The average molecular weight is 356 g/mol. The van der Waals surface area contributed by atoms with Crippen molar-refractivity contribution in [1.82, 2.24) is 9.80 Å². The fraction of sp³-hybridized carbons (Fsp3) is 0.882. The molecule has 0 atom stereocenters. The van der Waals surface area contributed by atoms with Gasteiger partial charge in [0.25, 0.3) is 0 Å². The molecule has 4 amide bonds. The first kappa shape index (κ1) is 19.8. The molecule has 25 heavy (non-hydrogen) atoms. The SMILES string of the molecule is NC(=O)N(CO)C(C1CCCCC1)(C1CCCCC1)N(CO)C(N)=O. The van der Waals surface area contributed by atoms with E-state index in [0.717, 1.165) is 64.2 Å². The van der Waals surface area contributed by atoms with Crippen LogP contribution in [0.4, 0.5) is 9.59 Å². The van der Waals surface area contributed by atoms with E-state index < -0.39 is 31.2 Å². The normalized spacial score (nSPS) is 20.2. The van der Waals surface area contributed by atoms with Crippen LogP contribution in [-0.2, 0) is 0 Å². The third-order valence-electron chi connectivity index (χ3n) is 6.09. The number of carbonyl (C=O) groups excluding carboxylic acids is 2. The summed E-state index contributed by atoms with van der Waals surface area (Å²) in [5.74, 6) is -0.132. The van der Waals surface area contributed by atoms with Crippen molar-refractivity contribution >= 4 is 12.1 Å². The van der Waals surface area contributed by atoms with Crippen LogP contribution in [0.25, 0.3) is 0 Å². The summed E-state index contributed by atoms with van der Waals surface area (Å²) in [7, 11) is 0. The smallest absolute Gasteiger partial charge is 0.318 e. The highest BCUT2D eigenvalue weighted by Crippen LogP contribution is 2.48. The second-order valence-corrected chi connectivity index (χ2v) is 7.27. The van der Waals surface area contributed by atoms with E-state index in [4.69, 9.17) is 11.5 Å². The van der Waals surface area contributed by atoms with Crippen LogP contribution in [-0.4, -0.2) is 51.2 Å². The second kappa shape index (κ2) is 8.71. The van der Waals surface area contributed by atoms with Crippen LogP contribution in [0.2, 0.25) is 0 Å². The third-order valence-corrected chi connectivity index (χ3v) is 6.09. The molecule has 144 valence electrons. The van der Waals surface area contributed by atoms with Crippen LogP contribution in [0, 0.1) is 11.8 Å². The van der Waals surface area contributed by atoms with Crippen LogP contribution < -0.4 is 11.5 Å². The molecule has 8 heteroatoms. The molecule has 0 radical (unpaired) electrons. The van der Waals surface area contributed by atoms with Gasteiger partial charge in [-0.2, -0.15) is 0 Å². The van der Waals surface area contributed by atoms with Crippen LogP contribution in [0.3, 0.4) is 0 Å². The van der Waals surface area contributed by atoms with E-state index in [1.54, 1.807) is 0 Å². The lowest BCUT2D eigenvalue weighted by Gasteiger charge is -2.58. The standard InChI is InChI=1S/C17H32N4O4/c18-15(24)20(11-22)17(21(12-23)16(19)25,13-7-3-1-4-8-13)14-9-5-2-6-10-14/h13-14,22-23H,1-12H2,(H2,18,24)(H2,19,25). The molecule has 2 saturated carbocycles. The molecular formula is C17H32N4O4. The van der Waals surface area contributed by atoms with Gasteiger partial charge in [-0.15, -0.1) is 0 Å². The molecule has 0 aromatic rings. The van der Waals surface area contributed by atoms with Crippen LogP contribution in [0.15, 0.2) is 0 Å². The Morgan fingerprint density at radius 3 is 1.32 bits per heavy atom. The molecule has 0 unspecified atom stereocenters. The van der Waals surface area contributed by atoms with Gasteiger partial charge in [0.15, 0.2) is 0 Å². The lowest BCUT2D eigenvalue weighted by molar-refractivity contribution is -0.151. The number of aliphatic hydroxyl groups excluding tert-OH is 2. The van der Waals surface area contributed by atoms with Gasteiger partial charge in [-0.1, -0.05) is 38.5 Å². The monoisotopic (exact) mass is 356 g/mol. The summed E-state index contributed by atoms with van der Waals surface area (Å²) in [5, 5.41) is 20.0. The van der Waals surface area contributed by atoms with Gasteiger partial charge in [-0.25, -0.2) is 9.59 Å². The van der Waals surface area contributed by atoms with Crippen LogP contribution in [0.1, 0.15) is 64.2 Å². The van der Waals surface area contributed by atoms with Crippen molar-refractivity contribution in [2.75, 3.05) is 13.5 Å². The Labute approximate surface area is 149 Å². The lowest BCUT2D eigenvalue weighted by Crippen LogP contribution is -2.73. The first-order valence-electron chi connectivity index (χ1n) is 9.36. The molecule has 0 aromatic carbocycles. The lowest BCUT2D eigenvalue weighted by atomic mass is 9.67. The van der Waals surface area contributed by atoms with Crippen LogP contribution in [0.5, 0.6) is 0 Å². The highest BCUT2D eigenvalue weighted by Gasteiger charge is 2.56. The largest absolute Gasteiger partial charge is 0.376 e. The van der Waals surface area contributed by atoms with E-state index in [9.17, 15) is 19.8 Å². The molecule has 8 nitrogen and oxygen atoms in total. The zero-order chi connectivity index (χ0) is 18.4. The van der Waals surface area contributed by atoms with Gasteiger partial charge in [0.05, 0.1) is 0 Å². The van der Waals surface area contributed by atoms with Gasteiger partial charge in [0.2, 0.25) is 0 Å². The van der Waals surface area contributed by atoms with E-state index in [1.165, 1.54) is 9.80 Å². The molecular weight excluding hydrogens is 324 g/mol. The number of carbonyl (C=O) groups is 2. The first-order chi connectivity index (χ1) is 12.0. The molecule has 0 aromatic heterocycles. The summed E-state index contributed by atoms with van der Waals surface area (Å²) in [6, 6.07) is -1.59. The predicted octanol–water partition coefficient (Wildman–Crippen LogP) is 1.50. The fourth-order valence-electron chi connectivity index (χ4n) is 5.13. The maximum atomic E-state index is 12.2. The Morgan fingerprint density at radius 2 is 1.08 bits per heavy atom. The summed E-state index contributed by atoms with van der Waals surface area (Å²) in [5.41, 5.74) is 10.0. The molecule has 0 spiro atoms. The van der Waals surface area contributed by atoms with E-state index in [1.807, 2.05) is 0 Å². The minimum absolute atomic E-state index is 0.0661. The molecule has 2 rings (SSSR count). The third kappa shape index (κ3) is 3.69. The molecule has 0 bridgehead atoms. The fourth-order valence-corrected chi connectivity index (χ4v) is 5.13. The van der Waals surface area contributed by atoms with E-state index in [2.05, 4.69) is 0 Å². The Kier molecular flexibility index (Phi) is 6.89. The Balaban J connectivity index is 2.60. The zero-order valence-corrected chi connectivity index (χ0v) is 14.9. The van der Waals surface area contributed by atoms with Crippen molar-refractivity contribution in [3.05, 3.63) is 0 Å².